The fraction of sp³-hybridized carbons (Fsp3) is 0.680. The molecule has 0 bridgehead atoms. The standard InChI is InChI=1S/C25H40O5/c1-2-3-4-5-8-14-19-23(30-25(29)21-16-11-10-12-17-21)22(26)18-13-7-6-9-15-20-24(27)28/h10-12,16-17,22-23,26H,2-9,13-15,18-20H2,1H3,(H,27,28). The van der Waals surface area contributed by atoms with Gasteiger partial charge in [0.05, 0.1) is 11.7 Å². The highest BCUT2D eigenvalue weighted by Gasteiger charge is 2.23. The third-order valence-electron chi connectivity index (χ3n) is 5.43. The molecule has 30 heavy (non-hydrogen) atoms. The van der Waals surface area contributed by atoms with E-state index in [4.69, 9.17) is 9.84 Å². The summed E-state index contributed by atoms with van der Waals surface area (Å²) in [6.45, 7) is 2.20. The molecule has 170 valence electrons. The summed E-state index contributed by atoms with van der Waals surface area (Å²) in [5.74, 6) is -1.12. The molecule has 0 spiro atoms. The van der Waals surface area contributed by atoms with Gasteiger partial charge in [-0.15, -0.1) is 0 Å². The van der Waals surface area contributed by atoms with Crippen LogP contribution in [0.1, 0.15) is 107 Å². The van der Waals surface area contributed by atoms with Gasteiger partial charge in [-0.3, -0.25) is 4.79 Å². The summed E-state index contributed by atoms with van der Waals surface area (Å²) in [5.41, 5.74) is 0.510. The molecule has 0 heterocycles. The molecule has 0 saturated heterocycles. The number of carboxylic acids is 1. The minimum absolute atomic E-state index is 0.221. The first-order valence-corrected chi connectivity index (χ1v) is 11.7. The lowest BCUT2D eigenvalue weighted by molar-refractivity contribution is -0.137. The van der Waals surface area contributed by atoms with Crippen molar-refractivity contribution in [3.05, 3.63) is 35.9 Å². The van der Waals surface area contributed by atoms with Gasteiger partial charge < -0.3 is 14.9 Å². The van der Waals surface area contributed by atoms with Gasteiger partial charge in [-0.1, -0.05) is 82.9 Å². The van der Waals surface area contributed by atoms with E-state index in [0.29, 0.717) is 24.8 Å². The van der Waals surface area contributed by atoms with Crippen LogP contribution in [0.25, 0.3) is 0 Å². The zero-order valence-electron chi connectivity index (χ0n) is 18.6. The molecule has 0 amide bonds. The van der Waals surface area contributed by atoms with Crippen molar-refractivity contribution >= 4 is 11.9 Å². The van der Waals surface area contributed by atoms with Crippen LogP contribution in [0.2, 0.25) is 0 Å². The van der Waals surface area contributed by atoms with Gasteiger partial charge in [0.25, 0.3) is 0 Å². The first kappa shape index (κ1) is 26.2. The molecule has 0 saturated carbocycles. The first-order chi connectivity index (χ1) is 14.5. The minimum Gasteiger partial charge on any atom is -0.481 e. The molecule has 1 rings (SSSR count). The molecule has 0 fully saturated rings. The number of aliphatic hydroxyl groups excluding tert-OH is 1. The number of hydrogen-bond acceptors (Lipinski definition) is 4. The molecule has 0 aliphatic heterocycles. The second kappa shape index (κ2) is 16.9. The lowest BCUT2D eigenvalue weighted by Crippen LogP contribution is -2.31. The number of rotatable bonds is 18. The van der Waals surface area contributed by atoms with Crippen LogP contribution < -0.4 is 0 Å². The maximum Gasteiger partial charge on any atom is 0.338 e. The number of aliphatic hydroxyl groups is 1. The van der Waals surface area contributed by atoms with Crippen LogP contribution >= 0.6 is 0 Å². The number of carboxylic acid groups (broad SMARTS) is 1. The van der Waals surface area contributed by atoms with E-state index in [1.54, 1.807) is 24.3 Å². The van der Waals surface area contributed by atoms with Gasteiger partial charge in [0.2, 0.25) is 0 Å². The van der Waals surface area contributed by atoms with Crippen LogP contribution in [0.4, 0.5) is 0 Å². The molecule has 1 aromatic rings. The summed E-state index contributed by atoms with van der Waals surface area (Å²) >= 11 is 0. The van der Waals surface area contributed by atoms with Crippen molar-refractivity contribution in [2.45, 2.75) is 109 Å². The van der Waals surface area contributed by atoms with Gasteiger partial charge >= 0.3 is 11.9 Å². The number of ether oxygens (including phenoxy) is 1. The summed E-state index contributed by atoms with van der Waals surface area (Å²) in [6.07, 6.45) is 11.7. The van der Waals surface area contributed by atoms with E-state index in [0.717, 1.165) is 38.5 Å². The fourth-order valence-corrected chi connectivity index (χ4v) is 3.58. The average Bonchev–Trinajstić information content (AvgIpc) is 2.74. The largest absolute Gasteiger partial charge is 0.481 e. The summed E-state index contributed by atoms with van der Waals surface area (Å²) in [6, 6.07) is 8.93. The molecule has 2 atom stereocenters. The van der Waals surface area contributed by atoms with E-state index >= 15 is 0 Å². The Balaban J connectivity index is 2.41. The zero-order valence-corrected chi connectivity index (χ0v) is 18.6. The van der Waals surface area contributed by atoms with Gasteiger partial charge in [-0.25, -0.2) is 4.79 Å². The monoisotopic (exact) mass is 420 g/mol. The van der Waals surface area contributed by atoms with Crippen molar-refractivity contribution < 1.29 is 24.5 Å². The van der Waals surface area contributed by atoms with E-state index < -0.39 is 18.2 Å². The Hall–Kier alpha value is -1.88. The van der Waals surface area contributed by atoms with Gasteiger partial charge in [0.15, 0.2) is 0 Å². The lowest BCUT2D eigenvalue weighted by atomic mass is 9.99. The van der Waals surface area contributed by atoms with Crippen molar-refractivity contribution in [3.63, 3.8) is 0 Å². The molecule has 5 nitrogen and oxygen atoms in total. The predicted octanol–water partition coefficient (Wildman–Crippen LogP) is 6.14. The van der Waals surface area contributed by atoms with Gasteiger partial charge in [-0.05, 0) is 37.8 Å². The summed E-state index contributed by atoms with van der Waals surface area (Å²) in [5, 5.41) is 19.3. The molecule has 0 radical (unpaired) electrons. The molecular weight excluding hydrogens is 380 g/mol. The van der Waals surface area contributed by atoms with Crippen LogP contribution in [0.5, 0.6) is 0 Å². The van der Waals surface area contributed by atoms with Gasteiger partial charge in [0.1, 0.15) is 6.10 Å². The molecule has 1 aromatic carbocycles. The number of esters is 1. The smallest absolute Gasteiger partial charge is 0.338 e. The minimum atomic E-state index is -0.747. The Bertz CT molecular complexity index is 572. The van der Waals surface area contributed by atoms with Crippen molar-refractivity contribution in [2.24, 2.45) is 0 Å². The van der Waals surface area contributed by atoms with Crippen molar-refractivity contribution in [1.82, 2.24) is 0 Å². The topological polar surface area (TPSA) is 83.8 Å². The molecule has 5 heteroatoms. The zero-order chi connectivity index (χ0) is 22.0. The SMILES string of the molecule is CCCCCCCCC(OC(=O)c1ccccc1)C(O)CCCCCCCC(=O)O. The van der Waals surface area contributed by atoms with E-state index in [2.05, 4.69) is 6.92 Å². The summed E-state index contributed by atoms with van der Waals surface area (Å²) in [4.78, 5) is 23.0. The molecule has 2 N–H and O–H groups in total. The summed E-state index contributed by atoms with van der Waals surface area (Å²) < 4.78 is 5.69. The van der Waals surface area contributed by atoms with Crippen molar-refractivity contribution in [2.75, 3.05) is 0 Å². The Morgan fingerprint density at radius 1 is 0.833 bits per heavy atom. The first-order valence-electron chi connectivity index (χ1n) is 11.7. The van der Waals surface area contributed by atoms with Crippen LogP contribution in [-0.4, -0.2) is 34.4 Å². The van der Waals surface area contributed by atoms with E-state index in [-0.39, 0.29) is 12.4 Å². The number of carbonyl (C=O) groups excluding carboxylic acids is 1. The highest BCUT2D eigenvalue weighted by atomic mass is 16.6. The second-order valence-electron chi connectivity index (χ2n) is 8.13. The Morgan fingerprint density at radius 2 is 1.40 bits per heavy atom. The number of aliphatic carboxylic acids is 1. The molecule has 0 aromatic heterocycles. The Morgan fingerprint density at radius 3 is 2.03 bits per heavy atom. The van der Waals surface area contributed by atoms with E-state index in [1.165, 1.54) is 25.7 Å². The maximum absolute atomic E-state index is 12.5. The van der Waals surface area contributed by atoms with E-state index in [9.17, 15) is 14.7 Å². The Labute approximate surface area is 181 Å². The third kappa shape index (κ3) is 12.6. The van der Waals surface area contributed by atoms with Gasteiger partial charge in [0, 0.05) is 6.42 Å². The molecule has 0 aliphatic rings. The predicted molar refractivity (Wildman–Crippen MR) is 120 cm³/mol. The van der Waals surface area contributed by atoms with E-state index in [1.807, 2.05) is 6.07 Å². The third-order valence-corrected chi connectivity index (χ3v) is 5.43. The summed E-state index contributed by atoms with van der Waals surface area (Å²) in [7, 11) is 0. The number of carbonyl (C=O) groups is 2. The Kier molecular flexibility index (Phi) is 14.7. The highest BCUT2D eigenvalue weighted by Crippen LogP contribution is 2.19. The number of unbranched alkanes of at least 4 members (excludes halogenated alkanes) is 9. The van der Waals surface area contributed by atoms with Crippen LogP contribution in [0.15, 0.2) is 30.3 Å². The lowest BCUT2D eigenvalue weighted by Gasteiger charge is -2.23. The fourth-order valence-electron chi connectivity index (χ4n) is 3.58. The molecule has 0 aliphatic carbocycles. The maximum atomic E-state index is 12.5. The highest BCUT2D eigenvalue weighted by molar-refractivity contribution is 5.89. The van der Waals surface area contributed by atoms with Crippen LogP contribution in [0, 0.1) is 0 Å². The second-order valence-corrected chi connectivity index (χ2v) is 8.13. The van der Waals surface area contributed by atoms with Crippen LogP contribution in [0.3, 0.4) is 0 Å². The number of hydrogen-bond donors (Lipinski definition) is 2. The molecular formula is C25H40O5. The van der Waals surface area contributed by atoms with Gasteiger partial charge in [-0.2, -0.15) is 0 Å². The van der Waals surface area contributed by atoms with Crippen molar-refractivity contribution in [1.29, 1.82) is 0 Å². The quantitative estimate of drug-likeness (QED) is 0.220. The number of benzene rings is 1. The van der Waals surface area contributed by atoms with Crippen molar-refractivity contribution in [3.8, 4) is 0 Å². The van der Waals surface area contributed by atoms with Crippen LogP contribution in [-0.2, 0) is 9.53 Å². The average molecular weight is 421 g/mol. The molecule has 2 unspecified atom stereocenters. The normalized spacial score (nSPS) is 13.0.